The Balaban J connectivity index is 2.03. The average Bonchev–Trinajstić information content (AvgIpc) is 3.13. The summed E-state index contributed by atoms with van der Waals surface area (Å²) < 4.78 is 0. The molecule has 5 nitrogen and oxygen atoms in total. The Kier molecular flexibility index (Phi) is 6.90. The summed E-state index contributed by atoms with van der Waals surface area (Å²) in [5, 5.41) is 0. The van der Waals surface area contributed by atoms with Gasteiger partial charge in [0, 0.05) is 31.6 Å². The highest BCUT2D eigenvalue weighted by molar-refractivity contribution is 8.00. The molecule has 2 rings (SSSR count). The van der Waals surface area contributed by atoms with E-state index in [2.05, 4.69) is 0 Å². The van der Waals surface area contributed by atoms with Gasteiger partial charge >= 0.3 is 0 Å². The van der Waals surface area contributed by atoms with E-state index >= 15 is 0 Å². The fraction of sp³-hybridized carbons (Fsp3) is 0.579. The molecular weight excluding hydrogens is 334 g/mol. The van der Waals surface area contributed by atoms with Crippen molar-refractivity contribution in [2.45, 2.75) is 31.6 Å². The summed E-state index contributed by atoms with van der Waals surface area (Å²) in [5.41, 5.74) is 6.30. The number of amides is 2. The van der Waals surface area contributed by atoms with E-state index in [1.807, 2.05) is 43.0 Å². The lowest BCUT2D eigenvalue weighted by Gasteiger charge is -2.29. The van der Waals surface area contributed by atoms with E-state index in [9.17, 15) is 9.59 Å². The van der Waals surface area contributed by atoms with Gasteiger partial charge in [-0.2, -0.15) is 0 Å². The van der Waals surface area contributed by atoms with Crippen LogP contribution in [-0.2, 0) is 4.79 Å². The highest BCUT2D eigenvalue weighted by Gasteiger charge is 2.24. The lowest BCUT2D eigenvalue weighted by molar-refractivity contribution is -0.127. The number of benzene rings is 1. The topological polar surface area (TPSA) is 66.6 Å². The molecule has 138 valence electrons. The zero-order valence-corrected chi connectivity index (χ0v) is 16.3. The molecule has 1 saturated heterocycles. The molecule has 0 unspecified atom stereocenters. The molecule has 1 heterocycles. The van der Waals surface area contributed by atoms with Crippen LogP contribution in [0.15, 0.2) is 29.2 Å². The number of nitrogens with two attached hydrogens (primary N) is 1. The first-order valence-electron chi connectivity index (χ1n) is 8.79. The molecule has 0 bridgehead atoms. The molecule has 0 aliphatic carbocycles. The molecule has 1 aromatic carbocycles. The molecule has 6 heteroatoms. The summed E-state index contributed by atoms with van der Waals surface area (Å²) in [6.45, 7) is 6.92. The van der Waals surface area contributed by atoms with Gasteiger partial charge in [0.05, 0.1) is 11.3 Å². The van der Waals surface area contributed by atoms with E-state index < -0.39 is 0 Å². The van der Waals surface area contributed by atoms with Gasteiger partial charge in [-0.25, -0.2) is 0 Å². The van der Waals surface area contributed by atoms with Crippen LogP contribution in [0.5, 0.6) is 0 Å². The fourth-order valence-corrected chi connectivity index (χ4v) is 3.90. The van der Waals surface area contributed by atoms with E-state index in [1.54, 1.807) is 11.9 Å². The Morgan fingerprint density at radius 3 is 2.52 bits per heavy atom. The number of carbonyl (C=O) groups excluding carboxylic acids is 2. The summed E-state index contributed by atoms with van der Waals surface area (Å²) in [5.74, 6) is 0.503. The van der Waals surface area contributed by atoms with Gasteiger partial charge in [0.15, 0.2) is 0 Å². The maximum Gasteiger partial charge on any atom is 0.254 e. The fourth-order valence-electron chi connectivity index (χ4n) is 2.95. The lowest BCUT2D eigenvalue weighted by Crippen LogP contribution is -2.39. The summed E-state index contributed by atoms with van der Waals surface area (Å²) in [6, 6.07) is 7.51. The number of thioether (sulfide) groups is 1. The van der Waals surface area contributed by atoms with Crippen molar-refractivity contribution >= 4 is 23.6 Å². The van der Waals surface area contributed by atoms with Crippen molar-refractivity contribution in [3.63, 3.8) is 0 Å². The predicted molar refractivity (Wildman–Crippen MR) is 103 cm³/mol. The summed E-state index contributed by atoms with van der Waals surface area (Å²) in [6.07, 6.45) is 2.18. The Hall–Kier alpha value is -1.53. The molecule has 1 fully saturated rings. The van der Waals surface area contributed by atoms with Crippen LogP contribution in [-0.4, -0.2) is 60.6 Å². The van der Waals surface area contributed by atoms with Gasteiger partial charge in [0.25, 0.3) is 5.91 Å². The third kappa shape index (κ3) is 5.47. The van der Waals surface area contributed by atoms with Crippen molar-refractivity contribution in [2.75, 3.05) is 39.0 Å². The largest absolute Gasteiger partial charge is 0.342 e. The minimum absolute atomic E-state index is 0.0294. The van der Waals surface area contributed by atoms with Gasteiger partial charge in [-0.15, -0.1) is 11.8 Å². The minimum atomic E-state index is -0.127. The number of nitrogens with zero attached hydrogens (tertiary/aromatic N) is 2. The third-order valence-corrected chi connectivity index (χ3v) is 5.55. The molecular formula is C19H29N3O2S. The van der Waals surface area contributed by atoms with Crippen molar-refractivity contribution in [1.29, 1.82) is 0 Å². The van der Waals surface area contributed by atoms with Crippen LogP contribution in [0.25, 0.3) is 0 Å². The van der Waals surface area contributed by atoms with Crippen molar-refractivity contribution in [3.05, 3.63) is 29.8 Å². The minimum Gasteiger partial charge on any atom is -0.342 e. The third-order valence-electron chi connectivity index (χ3n) is 4.49. The Bertz CT molecular complexity index is 612. The van der Waals surface area contributed by atoms with Gasteiger partial charge in [-0.05, 0) is 36.9 Å². The van der Waals surface area contributed by atoms with Crippen LogP contribution in [0.1, 0.15) is 37.0 Å². The molecule has 0 spiro atoms. The van der Waals surface area contributed by atoms with Crippen LogP contribution in [0, 0.1) is 5.41 Å². The second kappa shape index (κ2) is 8.72. The molecule has 2 N–H and O–H groups in total. The summed E-state index contributed by atoms with van der Waals surface area (Å²) >= 11 is 1.45. The molecule has 0 aromatic heterocycles. The molecule has 0 radical (unpaired) electrons. The van der Waals surface area contributed by atoms with Crippen LogP contribution in [0.2, 0.25) is 0 Å². The molecule has 1 aromatic rings. The predicted octanol–water partition coefficient (Wildman–Crippen LogP) is 2.46. The second-order valence-corrected chi connectivity index (χ2v) is 8.42. The first-order valence-corrected chi connectivity index (χ1v) is 9.78. The quantitative estimate of drug-likeness (QED) is 0.756. The number of rotatable bonds is 7. The van der Waals surface area contributed by atoms with Gasteiger partial charge in [-0.1, -0.05) is 26.0 Å². The van der Waals surface area contributed by atoms with E-state index in [1.165, 1.54) is 11.8 Å². The van der Waals surface area contributed by atoms with E-state index in [-0.39, 0.29) is 17.2 Å². The maximum atomic E-state index is 12.8. The highest BCUT2D eigenvalue weighted by Crippen LogP contribution is 2.25. The average molecular weight is 364 g/mol. The summed E-state index contributed by atoms with van der Waals surface area (Å²) in [7, 11) is 1.80. The van der Waals surface area contributed by atoms with Crippen LogP contribution in [0.3, 0.4) is 0 Å². The van der Waals surface area contributed by atoms with E-state index in [4.69, 9.17) is 5.73 Å². The number of hydrogen-bond acceptors (Lipinski definition) is 4. The highest BCUT2D eigenvalue weighted by atomic mass is 32.2. The van der Waals surface area contributed by atoms with E-state index in [0.717, 1.165) is 30.8 Å². The van der Waals surface area contributed by atoms with Gasteiger partial charge in [0.2, 0.25) is 5.91 Å². The van der Waals surface area contributed by atoms with Gasteiger partial charge in [0.1, 0.15) is 0 Å². The first kappa shape index (κ1) is 19.8. The first-order chi connectivity index (χ1) is 11.8. The van der Waals surface area contributed by atoms with Gasteiger partial charge in [-0.3, -0.25) is 9.59 Å². The Labute approximate surface area is 154 Å². The SMILES string of the molecule is CN(CC(C)(C)CN)C(=O)c1ccccc1SCC(=O)N1CCCC1. The lowest BCUT2D eigenvalue weighted by atomic mass is 9.93. The van der Waals surface area contributed by atoms with Crippen LogP contribution in [0.4, 0.5) is 0 Å². The second-order valence-electron chi connectivity index (χ2n) is 7.40. The number of carbonyl (C=O) groups is 2. The van der Waals surface area contributed by atoms with Crippen molar-refractivity contribution in [3.8, 4) is 0 Å². The number of hydrogen-bond donors (Lipinski definition) is 1. The van der Waals surface area contributed by atoms with Crippen molar-refractivity contribution in [2.24, 2.45) is 11.1 Å². The standard InChI is InChI=1S/C19H29N3O2S/c1-19(2,13-20)14-21(3)18(24)15-8-4-5-9-16(15)25-12-17(23)22-10-6-7-11-22/h4-5,8-9H,6-7,10-14,20H2,1-3H3. The zero-order valence-electron chi connectivity index (χ0n) is 15.5. The Morgan fingerprint density at radius 1 is 1.24 bits per heavy atom. The Morgan fingerprint density at radius 2 is 1.88 bits per heavy atom. The maximum absolute atomic E-state index is 12.8. The molecule has 1 aliphatic rings. The molecule has 25 heavy (non-hydrogen) atoms. The van der Waals surface area contributed by atoms with Gasteiger partial charge < -0.3 is 15.5 Å². The van der Waals surface area contributed by atoms with Crippen molar-refractivity contribution in [1.82, 2.24) is 9.80 Å². The monoisotopic (exact) mass is 363 g/mol. The normalized spacial score (nSPS) is 14.6. The van der Waals surface area contributed by atoms with Crippen molar-refractivity contribution < 1.29 is 9.59 Å². The van der Waals surface area contributed by atoms with Crippen LogP contribution < -0.4 is 5.73 Å². The smallest absolute Gasteiger partial charge is 0.254 e. The zero-order chi connectivity index (χ0) is 18.4. The molecule has 0 saturated carbocycles. The van der Waals surface area contributed by atoms with E-state index in [0.29, 0.717) is 24.4 Å². The molecule has 0 atom stereocenters. The molecule has 2 amide bonds. The number of likely N-dealkylation sites (tertiary alicyclic amines) is 1. The summed E-state index contributed by atoms with van der Waals surface area (Å²) in [4.78, 5) is 29.6. The van der Waals surface area contributed by atoms with Crippen LogP contribution >= 0.6 is 11.8 Å². The molecule has 1 aliphatic heterocycles.